The number of hydrogen-bond acceptors (Lipinski definition) is 4. The normalized spacial score (nSPS) is 31.6. The van der Waals surface area contributed by atoms with Gasteiger partial charge in [-0.05, 0) is 26.4 Å². The summed E-state index contributed by atoms with van der Waals surface area (Å²) in [5.74, 6) is 0.120. The third-order valence-corrected chi connectivity index (χ3v) is 3.22. The summed E-state index contributed by atoms with van der Waals surface area (Å²) in [7, 11) is 2.08. The number of carbonyl (C=O) groups is 1. The van der Waals surface area contributed by atoms with Gasteiger partial charge in [-0.2, -0.15) is 0 Å². The first-order valence-corrected chi connectivity index (χ1v) is 6.07. The van der Waals surface area contributed by atoms with Crippen LogP contribution in [0.15, 0.2) is 0 Å². The zero-order chi connectivity index (χ0) is 11.4. The van der Waals surface area contributed by atoms with Crippen LogP contribution in [0.1, 0.15) is 12.8 Å². The lowest BCUT2D eigenvalue weighted by Gasteiger charge is -2.30. The van der Waals surface area contributed by atoms with Crippen molar-refractivity contribution in [3.05, 3.63) is 0 Å². The number of carbonyl (C=O) groups excluding carboxylic acids is 1. The molecule has 5 heteroatoms. The largest absolute Gasteiger partial charge is 0.374 e. The van der Waals surface area contributed by atoms with Crippen LogP contribution in [0.3, 0.4) is 0 Å². The Morgan fingerprint density at radius 1 is 1.62 bits per heavy atom. The van der Waals surface area contributed by atoms with Gasteiger partial charge in [-0.3, -0.25) is 4.79 Å². The fourth-order valence-corrected chi connectivity index (χ4v) is 2.24. The summed E-state index contributed by atoms with van der Waals surface area (Å²) in [6.07, 6.45) is 2.20. The van der Waals surface area contributed by atoms with Crippen molar-refractivity contribution in [2.45, 2.75) is 25.0 Å². The number of morpholine rings is 1. The molecule has 2 rings (SSSR count). The van der Waals surface area contributed by atoms with E-state index < -0.39 is 0 Å². The molecule has 2 saturated heterocycles. The molecule has 0 radical (unpaired) electrons. The lowest BCUT2D eigenvalue weighted by molar-refractivity contribution is -0.123. The zero-order valence-corrected chi connectivity index (χ0v) is 9.87. The summed E-state index contributed by atoms with van der Waals surface area (Å²) >= 11 is 0. The highest BCUT2D eigenvalue weighted by Gasteiger charge is 2.23. The molecule has 0 spiro atoms. The quantitative estimate of drug-likeness (QED) is 0.662. The molecule has 0 aliphatic carbocycles. The fourth-order valence-electron chi connectivity index (χ4n) is 2.24. The highest BCUT2D eigenvalue weighted by molar-refractivity contribution is 5.82. The number of ether oxygens (including phenoxy) is 1. The maximum atomic E-state index is 11.7. The molecule has 1 amide bonds. The van der Waals surface area contributed by atoms with Gasteiger partial charge in [0.05, 0.1) is 18.8 Å². The number of rotatable bonds is 3. The van der Waals surface area contributed by atoms with Gasteiger partial charge >= 0.3 is 0 Å². The third kappa shape index (κ3) is 3.17. The van der Waals surface area contributed by atoms with E-state index in [9.17, 15) is 4.79 Å². The van der Waals surface area contributed by atoms with E-state index in [1.807, 2.05) is 0 Å². The van der Waals surface area contributed by atoms with Gasteiger partial charge in [-0.1, -0.05) is 0 Å². The minimum atomic E-state index is 0.0151. The lowest BCUT2D eigenvalue weighted by Crippen LogP contribution is -2.48. The van der Waals surface area contributed by atoms with Crippen molar-refractivity contribution in [2.24, 2.45) is 0 Å². The van der Waals surface area contributed by atoms with Gasteiger partial charge in [-0.25, -0.2) is 0 Å². The molecule has 0 aromatic heterocycles. The molecule has 2 unspecified atom stereocenters. The summed E-state index contributed by atoms with van der Waals surface area (Å²) < 4.78 is 5.58. The van der Waals surface area contributed by atoms with E-state index in [4.69, 9.17) is 4.74 Å². The molecule has 0 bridgehead atoms. The van der Waals surface area contributed by atoms with Crippen molar-refractivity contribution in [3.63, 3.8) is 0 Å². The molecule has 0 saturated carbocycles. The van der Waals surface area contributed by atoms with Crippen LogP contribution in [0, 0.1) is 0 Å². The molecule has 5 nitrogen and oxygen atoms in total. The Balaban J connectivity index is 1.67. The van der Waals surface area contributed by atoms with Gasteiger partial charge in [0.2, 0.25) is 5.91 Å². The minimum absolute atomic E-state index is 0.0151. The minimum Gasteiger partial charge on any atom is -0.374 e. The van der Waals surface area contributed by atoms with E-state index in [0.717, 1.165) is 39.1 Å². The van der Waals surface area contributed by atoms with Crippen molar-refractivity contribution in [1.82, 2.24) is 15.5 Å². The Hall–Kier alpha value is -0.650. The topological polar surface area (TPSA) is 53.6 Å². The van der Waals surface area contributed by atoms with E-state index in [1.54, 1.807) is 0 Å². The average molecular weight is 227 g/mol. The summed E-state index contributed by atoms with van der Waals surface area (Å²) in [6.45, 7) is 4.23. The predicted octanol–water partition coefficient (Wildman–Crippen LogP) is -0.815. The number of hydrogen-bond donors (Lipinski definition) is 2. The first-order valence-electron chi connectivity index (χ1n) is 6.07. The third-order valence-electron chi connectivity index (χ3n) is 3.22. The van der Waals surface area contributed by atoms with Crippen molar-refractivity contribution in [3.8, 4) is 0 Å². The smallest absolute Gasteiger partial charge is 0.237 e. The molecular weight excluding hydrogens is 206 g/mol. The van der Waals surface area contributed by atoms with Crippen LogP contribution in [0.2, 0.25) is 0 Å². The van der Waals surface area contributed by atoms with Crippen molar-refractivity contribution in [1.29, 1.82) is 0 Å². The SMILES string of the molecule is CN1CCOC(CNC(=O)C2CCCN2)C1. The fraction of sp³-hybridized carbons (Fsp3) is 0.909. The van der Waals surface area contributed by atoms with Crippen LogP contribution in [-0.2, 0) is 9.53 Å². The lowest BCUT2D eigenvalue weighted by atomic mass is 10.2. The highest BCUT2D eigenvalue weighted by atomic mass is 16.5. The second kappa shape index (κ2) is 5.61. The second-order valence-corrected chi connectivity index (χ2v) is 4.65. The van der Waals surface area contributed by atoms with Gasteiger partial charge in [0, 0.05) is 19.6 Å². The molecule has 2 aliphatic heterocycles. The van der Waals surface area contributed by atoms with E-state index >= 15 is 0 Å². The highest BCUT2D eigenvalue weighted by Crippen LogP contribution is 2.05. The molecule has 0 aromatic rings. The van der Waals surface area contributed by atoms with Crippen LogP contribution in [-0.4, -0.2) is 62.8 Å². The van der Waals surface area contributed by atoms with E-state index in [0.29, 0.717) is 6.54 Å². The number of amides is 1. The maximum Gasteiger partial charge on any atom is 0.237 e. The number of nitrogens with zero attached hydrogens (tertiary/aromatic N) is 1. The van der Waals surface area contributed by atoms with Gasteiger partial charge in [0.15, 0.2) is 0 Å². The molecule has 92 valence electrons. The van der Waals surface area contributed by atoms with Gasteiger partial charge in [0.1, 0.15) is 0 Å². The van der Waals surface area contributed by atoms with Gasteiger partial charge < -0.3 is 20.3 Å². The van der Waals surface area contributed by atoms with Crippen molar-refractivity contribution >= 4 is 5.91 Å². The van der Waals surface area contributed by atoms with Crippen LogP contribution in [0.25, 0.3) is 0 Å². The van der Waals surface area contributed by atoms with Crippen molar-refractivity contribution < 1.29 is 9.53 Å². The molecule has 2 N–H and O–H groups in total. The van der Waals surface area contributed by atoms with Crippen LogP contribution in [0.4, 0.5) is 0 Å². The summed E-state index contributed by atoms with van der Waals surface area (Å²) in [4.78, 5) is 14.0. The summed E-state index contributed by atoms with van der Waals surface area (Å²) in [6, 6.07) is 0.0151. The van der Waals surface area contributed by atoms with E-state index in [1.165, 1.54) is 0 Å². The van der Waals surface area contributed by atoms with Gasteiger partial charge in [-0.15, -0.1) is 0 Å². The standard InChI is InChI=1S/C11H21N3O2/c1-14-5-6-16-9(8-14)7-13-11(15)10-3-2-4-12-10/h9-10,12H,2-8H2,1H3,(H,13,15). The zero-order valence-electron chi connectivity index (χ0n) is 9.87. The summed E-state index contributed by atoms with van der Waals surface area (Å²) in [5.41, 5.74) is 0. The Kier molecular flexibility index (Phi) is 4.15. The molecule has 2 aliphatic rings. The van der Waals surface area contributed by atoms with Crippen LogP contribution < -0.4 is 10.6 Å². The van der Waals surface area contributed by atoms with Crippen LogP contribution in [0.5, 0.6) is 0 Å². The molecule has 2 heterocycles. The van der Waals surface area contributed by atoms with Gasteiger partial charge in [0.25, 0.3) is 0 Å². The molecule has 0 aromatic carbocycles. The van der Waals surface area contributed by atoms with Crippen molar-refractivity contribution in [2.75, 3.05) is 39.8 Å². The number of likely N-dealkylation sites (N-methyl/N-ethyl adjacent to an activating group) is 1. The Labute approximate surface area is 96.5 Å². The second-order valence-electron chi connectivity index (χ2n) is 4.65. The Morgan fingerprint density at radius 3 is 3.19 bits per heavy atom. The molecule has 2 fully saturated rings. The molecular formula is C11H21N3O2. The van der Waals surface area contributed by atoms with Crippen LogP contribution >= 0.6 is 0 Å². The monoisotopic (exact) mass is 227 g/mol. The van der Waals surface area contributed by atoms with E-state index in [-0.39, 0.29) is 18.1 Å². The molecule has 16 heavy (non-hydrogen) atoms. The van der Waals surface area contributed by atoms with E-state index in [2.05, 4.69) is 22.6 Å². The Bertz CT molecular complexity index is 241. The first-order chi connectivity index (χ1) is 7.75. The predicted molar refractivity (Wildman–Crippen MR) is 61.3 cm³/mol. The summed E-state index contributed by atoms with van der Waals surface area (Å²) in [5, 5.41) is 6.15. The Morgan fingerprint density at radius 2 is 2.50 bits per heavy atom. The first kappa shape index (κ1) is 11.8. The molecule has 2 atom stereocenters. The number of nitrogens with one attached hydrogen (secondary N) is 2. The average Bonchev–Trinajstić information content (AvgIpc) is 2.79. The maximum absolute atomic E-state index is 11.7.